The van der Waals surface area contributed by atoms with Crippen LogP contribution in [-0.2, 0) is 4.79 Å². The zero-order chi connectivity index (χ0) is 14.9. The first-order valence-corrected chi connectivity index (χ1v) is 7.65. The minimum absolute atomic E-state index is 0.0207. The van der Waals surface area contributed by atoms with E-state index >= 15 is 0 Å². The van der Waals surface area contributed by atoms with Gasteiger partial charge < -0.3 is 15.2 Å². The number of nitrogens with zero attached hydrogens (tertiary/aromatic N) is 2. The van der Waals surface area contributed by atoms with Crippen molar-refractivity contribution in [3.8, 4) is 0 Å². The number of amides is 2. The van der Waals surface area contributed by atoms with Crippen LogP contribution in [0.25, 0.3) is 0 Å². The predicted octanol–water partition coefficient (Wildman–Crippen LogP) is 2.17. The maximum absolute atomic E-state index is 12.6. The van der Waals surface area contributed by atoms with Crippen LogP contribution in [0.2, 0.25) is 0 Å². The van der Waals surface area contributed by atoms with Crippen LogP contribution in [0.4, 0.5) is 0 Å². The van der Waals surface area contributed by atoms with Crippen LogP contribution >= 0.6 is 15.9 Å². The van der Waals surface area contributed by atoms with E-state index in [1.807, 2.05) is 30.7 Å². The lowest BCUT2D eigenvalue weighted by atomic mass is 9.96. The highest BCUT2D eigenvalue weighted by atomic mass is 79.9. The fraction of sp³-hybridized carbons (Fsp3) is 0.571. The van der Waals surface area contributed by atoms with Crippen molar-refractivity contribution in [1.29, 1.82) is 0 Å². The molecular weight excluding hydrogens is 322 g/mol. The highest BCUT2D eigenvalue weighted by Crippen LogP contribution is 2.23. The first-order chi connectivity index (χ1) is 9.40. The summed E-state index contributed by atoms with van der Waals surface area (Å²) in [6, 6.07) is 2.08. The molecule has 2 rings (SSSR count). The van der Waals surface area contributed by atoms with Gasteiger partial charge in [0, 0.05) is 35.7 Å². The largest absolute Gasteiger partial charge is 0.369 e. The lowest BCUT2D eigenvalue weighted by Crippen LogP contribution is -2.42. The Balaban J connectivity index is 2.11. The Morgan fingerprint density at radius 1 is 1.35 bits per heavy atom. The molecule has 0 spiro atoms. The van der Waals surface area contributed by atoms with Gasteiger partial charge in [-0.1, -0.05) is 0 Å². The molecule has 5 nitrogen and oxygen atoms in total. The molecule has 1 fully saturated rings. The fourth-order valence-corrected chi connectivity index (χ4v) is 3.01. The van der Waals surface area contributed by atoms with E-state index in [1.54, 1.807) is 4.90 Å². The second-order valence-electron chi connectivity index (χ2n) is 5.51. The maximum Gasteiger partial charge on any atom is 0.270 e. The summed E-state index contributed by atoms with van der Waals surface area (Å²) in [7, 11) is 0. The molecule has 1 aliphatic rings. The Labute approximate surface area is 127 Å². The second kappa shape index (κ2) is 5.99. The molecule has 1 aromatic rings. The van der Waals surface area contributed by atoms with E-state index in [2.05, 4.69) is 15.9 Å². The van der Waals surface area contributed by atoms with E-state index in [1.165, 1.54) is 0 Å². The van der Waals surface area contributed by atoms with Crippen LogP contribution < -0.4 is 5.73 Å². The molecule has 2 heterocycles. The molecule has 1 saturated heterocycles. The smallest absolute Gasteiger partial charge is 0.270 e. The van der Waals surface area contributed by atoms with E-state index in [4.69, 9.17) is 5.73 Å². The third kappa shape index (κ3) is 3.06. The quantitative estimate of drug-likeness (QED) is 0.915. The van der Waals surface area contributed by atoms with Crippen molar-refractivity contribution in [3.05, 3.63) is 22.4 Å². The summed E-state index contributed by atoms with van der Waals surface area (Å²) in [4.78, 5) is 25.5. The molecule has 2 N–H and O–H groups in total. The van der Waals surface area contributed by atoms with Crippen molar-refractivity contribution in [2.75, 3.05) is 13.1 Å². The third-order valence-corrected chi connectivity index (χ3v) is 4.21. The number of hydrogen-bond acceptors (Lipinski definition) is 2. The van der Waals surface area contributed by atoms with Crippen LogP contribution in [0.5, 0.6) is 0 Å². The van der Waals surface area contributed by atoms with Gasteiger partial charge in [-0.3, -0.25) is 9.59 Å². The number of primary amides is 1. The van der Waals surface area contributed by atoms with Gasteiger partial charge in [0.25, 0.3) is 5.91 Å². The molecule has 0 aromatic carbocycles. The van der Waals surface area contributed by atoms with Gasteiger partial charge in [-0.25, -0.2) is 0 Å². The number of carbonyl (C=O) groups excluding carboxylic acids is 2. The molecule has 0 aliphatic carbocycles. The fourth-order valence-electron chi connectivity index (χ4n) is 2.57. The number of carbonyl (C=O) groups is 2. The Bertz CT molecular complexity index is 516. The summed E-state index contributed by atoms with van der Waals surface area (Å²) in [5.41, 5.74) is 6.00. The van der Waals surface area contributed by atoms with E-state index in [-0.39, 0.29) is 23.8 Å². The number of aromatic nitrogens is 1. The van der Waals surface area contributed by atoms with Gasteiger partial charge in [-0.05, 0) is 48.7 Å². The molecule has 0 saturated carbocycles. The van der Waals surface area contributed by atoms with Crippen molar-refractivity contribution < 1.29 is 9.59 Å². The van der Waals surface area contributed by atoms with Crippen LogP contribution in [0.15, 0.2) is 16.7 Å². The molecule has 6 heteroatoms. The van der Waals surface area contributed by atoms with Crippen molar-refractivity contribution >= 4 is 27.7 Å². The first kappa shape index (κ1) is 15.1. The van der Waals surface area contributed by atoms with E-state index < -0.39 is 0 Å². The Hall–Kier alpha value is -1.30. The second-order valence-corrected chi connectivity index (χ2v) is 6.43. The average molecular weight is 342 g/mol. The summed E-state index contributed by atoms with van der Waals surface area (Å²) >= 11 is 3.42. The van der Waals surface area contributed by atoms with Crippen molar-refractivity contribution in [2.45, 2.75) is 32.7 Å². The Morgan fingerprint density at radius 3 is 2.45 bits per heavy atom. The van der Waals surface area contributed by atoms with Crippen LogP contribution in [0.3, 0.4) is 0 Å². The van der Waals surface area contributed by atoms with Crippen LogP contribution in [-0.4, -0.2) is 34.4 Å². The molecule has 0 bridgehead atoms. The molecule has 110 valence electrons. The highest BCUT2D eigenvalue weighted by molar-refractivity contribution is 9.10. The molecule has 2 amide bonds. The maximum atomic E-state index is 12.6. The average Bonchev–Trinajstić information content (AvgIpc) is 2.80. The first-order valence-electron chi connectivity index (χ1n) is 6.86. The van der Waals surface area contributed by atoms with Crippen LogP contribution in [0.1, 0.15) is 43.2 Å². The zero-order valence-corrected chi connectivity index (χ0v) is 13.4. The lowest BCUT2D eigenvalue weighted by Gasteiger charge is -2.31. The summed E-state index contributed by atoms with van der Waals surface area (Å²) < 4.78 is 2.87. The third-order valence-electron chi connectivity index (χ3n) is 3.78. The van der Waals surface area contributed by atoms with Gasteiger partial charge in [0.1, 0.15) is 5.69 Å². The Kier molecular flexibility index (Phi) is 4.52. The predicted molar refractivity (Wildman–Crippen MR) is 80.3 cm³/mol. The van der Waals surface area contributed by atoms with E-state index in [0.717, 1.165) is 4.47 Å². The SMILES string of the molecule is CC(C)n1cc(Br)cc1C(=O)N1CCC(C(N)=O)CC1. The molecule has 0 atom stereocenters. The molecule has 20 heavy (non-hydrogen) atoms. The molecule has 0 unspecified atom stereocenters. The van der Waals surface area contributed by atoms with Gasteiger partial charge in [-0.15, -0.1) is 0 Å². The van der Waals surface area contributed by atoms with Crippen molar-refractivity contribution in [1.82, 2.24) is 9.47 Å². The Morgan fingerprint density at radius 2 is 1.95 bits per heavy atom. The molecule has 0 radical (unpaired) electrons. The molecule has 1 aliphatic heterocycles. The van der Waals surface area contributed by atoms with Gasteiger partial charge in [-0.2, -0.15) is 0 Å². The topological polar surface area (TPSA) is 68.3 Å². The van der Waals surface area contributed by atoms with Gasteiger partial charge in [0.05, 0.1) is 0 Å². The number of rotatable bonds is 3. The molecule has 1 aromatic heterocycles. The minimum Gasteiger partial charge on any atom is -0.369 e. The van der Waals surface area contributed by atoms with E-state index in [0.29, 0.717) is 31.6 Å². The zero-order valence-electron chi connectivity index (χ0n) is 11.8. The summed E-state index contributed by atoms with van der Waals surface area (Å²) in [5.74, 6) is -0.333. The number of nitrogens with two attached hydrogens (primary N) is 1. The number of halogens is 1. The monoisotopic (exact) mass is 341 g/mol. The summed E-state index contributed by atoms with van der Waals surface area (Å²) in [6.45, 7) is 5.27. The van der Waals surface area contributed by atoms with Gasteiger partial charge in [0.15, 0.2) is 0 Å². The number of hydrogen-bond donors (Lipinski definition) is 1. The number of piperidine rings is 1. The van der Waals surface area contributed by atoms with Gasteiger partial charge >= 0.3 is 0 Å². The molecular formula is C14H20BrN3O2. The summed E-state index contributed by atoms with van der Waals surface area (Å²) in [6.07, 6.45) is 3.24. The van der Waals surface area contributed by atoms with Crippen molar-refractivity contribution in [2.24, 2.45) is 11.7 Å². The van der Waals surface area contributed by atoms with Crippen molar-refractivity contribution in [3.63, 3.8) is 0 Å². The standard InChI is InChI=1S/C14H20BrN3O2/c1-9(2)18-8-11(15)7-12(18)14(20)17-5-3-10(4-6-17)13(16)19/h7-10H,3-6H2,1-2H3,(H2,16,19). The minimum atomic E-state index is -0.259. The normalized spacial score (nSPS) is 16.7. The lowest BCUT2D eigenvalue weighted by molar-refractivity contribution is -0.123. The van der Waals surface area contributed by atoms with Crippen LogP contribution in [0, 0.1) is 5.92 Å². The number of likely N-dealkylation sites (tertiary alicyclic amines) is 1. The van der Waals surface area contributed by atoms with Gasteiger partial charge in [0.2, 0.25) is 5.91 Å². The highest BCUT2D eigenvalue weighted by Gasteiger charge is 2.28. The summed E-state index contributed by atoms with van der Waals surface area (Å²) in [5, 5.41) is 0. The van der Waals surface area contributed by atoms with E-state index in [9.17, 15) is 9.59 Å².